The fraction of sp³-hybridized carbons (Fsp3) is 0.571. The number of benzene rings is 1. The molecule has 0 amide bonds. The average molecular weight is 223 g/mol. The van der Waals surface area contributed by atoms with Crippen LogP contribution in [0.4, 0.5) is 4.39 Å². The maximum absolute atomic E-state index is 13.3. The molecule has 0 aromatic heterocycles. The molecule has 0 radical (unpaired) electrons. The number of hydrogen-bond acceptors (Lipinski definition) is 1. The zero-order valence-electron chi connectivity index (χ0n) is 10.5. The normalized spacial score (nSPS) is 12.8. The van der Waals surface area contributed by atoms with E-state index in [0.29, 0.717) is 0 Å². The molecule has 0 saturated heterocycles. The second-order valence-electron chi connectivity index (χ2n) is 4.40. The highest BCUT2D eigenvalue weighted by atomic mass is 19.1. The Bertz CT molecular complexity index is 302. The van der Waals surface area contributed by atoms with E-state index < -0.39 is 0 Å². The fourth-order valence-corrected chi connectivity index (χ4v) is 2.04. The van der Waals surface area contributed by atoms with E-state index in [1.54, 1.807) is 12.1 Å². The van der Waals surface area contributed by atoms with Crippen molar-refractivity contribution in [3.63, 3.8) is 0 Å². The van der Waals surface area contributed by atoms with E-state index >= 15 is 0 Å². The van der Waals surface area contributed by atoms with Gasteiger partial charge in [-0.25, -0.2) is 4.39 Å². The molecule has 0 aliphatic carbocycles. The molecule has 90 valence electrons. The van der Waals surface area contributed by atoms with Gasteiger partial charge in [0.2, 0.25) is 0 Å². The Kier molecular flexibility index (Phi) is 5.47. The molecule has 1 atom stereocenters. The summed E-state index contributed by atoms with van der Waals surface area (Å²) in [7, 11) is 1.94. The Balaban J connectivity index is 2.70. The zero-order valence-corrected chi connectivity index (χ0v) is 10.5. The van der Waals surface area contributed by atoms with Crippen molar-refractivity contribution in [1.29, 1.82) is 0 Å². The molecule has 16 heavy (non-hydrogen) atoms. The molecule has 0 bridgehead atoms. The molecule has 0 spiro atoms. The van der Waals surface area contributed by atoms with Crippen LogP contribution in [-0.2, 0) is 0 Å². The summed E-state index contributed by atoms with van der Waals surface area (Å²) >= 11 is 0. The van der Waals surface area contributed by atoms with Crippen molar-refractivity contribution in [2.24, 2.45) is 0 Å². The summed E-state index contributed by atoms with van der Waals surface area (Å²) in [5, 5.41) is 3.27. The van der Waals surface area contributed by atoms with Gasteiger partial charge in [0, 0.05) is 6.04 Å². The summed E-state index contributed by atoms with van der Waals surface area (Å²) in [6, 6.07) is 5.56. The van der Waals surface area contributed by atoms with Gasteiger partial charge in [-0.2, -0.15) is 0 Å². The molecular formula is C14H22FN. The lowest BCUT2D eigenvalue weighted by atomic mass is 9.99. The quantitative estimate of drug-likeness (QED) is 0.719. The maximum atomic E-state index is 13.3. The van der Waals surface area contributed by atoms with E-state index in [9.17, 15) is 4.39 Å². The molecule has 1 nitrogen and oxygen atoms in total. The molecule has 0 saturated carbocycles. The summed E-state index contributed by atoms with van der Waals surface area (Å²) < 4.78 is 13.3. The van der Waals surface area contributed by atoms with Gasteiger partial charge in [-0.1, -0.05) is 32.3 Å². The lowest BCUT2D eigenvalue weighted by Crippen LogP contribution is -2.16. The van der Waals surface area contributed by atoms with E-state index in [1.165, 1.54) is 19.3 Å². The highest BCUT2D eigenvalue weighted by molar-refractivity contribution is 5.26. The summed E-state index contributed by atoms with van der Waals surface area (Å²) in [6.07, 6.45) is 4.73. The van der Waals surface area contributed by atoms with Crippen LogP contribution in [-0.4, -0.2) is 7.05 Å². The lowest BCUT2D eigenvalue weighted by Gasteiger charge is -2.17. The topological polar surface area (TPSA) is 12.0 Å². The van der Waals surface area contributed by atoms with Gasteiger partial charge in [0.05, 0.1) is 0 Å². The molecule has 1 aromatic carbocycles. The highest BCUT2D eigenvalue weighted by Gasteiger charge is 2.10. The molecule has 1 aromatic rings. The van der Waals surface area contributed by atoms with Crippen LogP contribution >= 0.6 is 0 Å². The van der Waals surface area contributed by atoms with Crippen LogP contribution in [0.1, 0.15) is 49.8 Å². The van der Waals surface area contributed by atoms with Crippen molar-refractivity contribution in [2.75, 3.05) is 7.05 Å². The first-order valence-corrected chi connectivity index (χ1v) is 6.11. The van der Waals surface area contributed by atoms with E-state index in [0.717, 1.165) is 17.5 Å². The van der Waals surface area contributed by atoms with E-state index in [1.807, 2.05) is 14.0 Å². The van der Waals surface area contributed by atoms with Crippen LogP contribution in [0.25, 0.3) is 0 Å². The van der Waals surface area contributed by atoms with Crippen LogP contribution in [0.15, 0.2) is 18.2 Å². The van der Waals surface area contributed by atoms with Crippen molar-refractivity contribution >= 4 is 0 Å². The standard InChI is InChI=1S/C14H22FN/c1-4-5-6-7-14(16-3)12-8-11(2)9-13(15)10-12/h8-10,14,16H,4-7H2,1-3H3. The minimum Gasteiger partial charge on any atom is -0.313 e. The van der Waals surface area contributed by atoms with Gasteiger partial charge in [-0.3, -0.25) is 0 Å². The van der Waals surface area contributed by atoms with Crippen molar-refractivity contribution in [1.82, 2.24) is 5.32 Å². The first-order valence-electron chi connectivity index (χ1n) is 6.11. The molecular weight excluding hydrogens is 201 g/mol. The van der Waals surface area contributed by atoms with Crippen molar-refractivity contribution < 1.29 is 4.39 Å². The van der Waals surface area contributed by atoms with Gasteiger partial charge in [-0.05, 0) is 43.7 Å². The van der Waals surface area contributed by atoms with Gasteiger partial charge in [-0.15, -0.1) is 0 Å². The Morgan fingerprint density at radius 2 is 2.00 bits per heavy atom. The first-order chi connectivity index (χ1) is 7.67. The molecule has 1 rings (SSSR count). The second kappa shape index (κ2) is 6.64. The SMILES string of the molecule is CCCCCC(NC)c1cc(C)cc(F)c1. The van der Waals surface area contributed by atoms with Crippen LogP contribution in [0.3, 0.4) is 0 Å². The van der Waals surface area contributed by atoms with Gasteiger partial charge in [0.25, 0.3) is 0 Å². The zero-order chi connectivity index (χ0) is 12.0. The van der Waals surface area contributed by atoms with E-state index in [-0.39, 0.29) is 11.9 Å². The Hall–Kier alpha value is -0.890. The Morgan fingerprint density at radius 3 is 2.56 bits per heavy atom. The highest BCUT2D eigenvalue weighted by Crippen LogP contribution is 2.21. The van der Waals surface area contributed by atoms with Crippen molar-refractivity contribution in [3.05, 3.63) is 35.1 Å². The van der Waals surface area contributed by atoms with Crippen molar-refractivity contribution in [3.8, 4) is 0 Å². The van der Waals surface area contributed by atoms with Crippen LogP contribution in [0.2, 0.25) is 0 Å². The van der Waals surface area contributed by atoms with Crippen LogP contribution in [0, 0.1) is 12.7 Å². The molecule has 0 aliphatic heterocycles. The average Bonchev–Trinajstić information content (AvgIpc) is 2.23. The minimum absolute atomic E-state index is 0.134. The second-order valence-corrected chi connectivity index (χ2v) is 4.40. The largest absolute Gasteiger partial charge is 0.313 e. The Morgan fingerprint density at radius 1 is 1.25 bits per heavy atom. The van der Waals surface area contributed by atoms with Gasteiger partial charge in [0.1, 0.15) is 5.82 Å². The number of aryl methyl sites for hydroxylation is 1. The van der Waals surface area contributed by atoms with Crippen LogP contribution < -0.4 is 5.32 Å². The number of hydrogen-bond donors (Lipinski definition) is 1. The number of rotatable bonds is 6. The van der Waals surface area contributed by atoms with E-state index in [2.05, 4.69) is 18.3 Å². The molecule has 2 heteroatoms. The summed E-state index contributed by atoms with van der Waals surface area (Å²) in [4.78, 5) is 0. The number of nitrogens with one attached hydrogen (secondary N) is 1. The predicted octanol–water partition coefficient (Wildman–Crippen LogP) is 3.97. The van der Waals surface area contributed by atoms with Gasteiger partial charge >= 0.3 is 0 Å². The molecule has 0 heterocycles. The Labute approximate surface area is 98.1 Å². The summed E-state index contributed by atoms with van der Waals surface area (Å²) in [5.74, 6) is -0.134. The van der Waals surface area contributed by atoms with Crippen molar-refractivity contribution in [2.45, 2.75) is 45.6 Å². The minimum atomic E-state index is -0.134. The summed E-state index contributed by atoms with van der Waals surface area (Å²) in [5.41, 5.74) is 2.06. The number of halogens is 1. The van der Waals surface area contributed by atoms with Crippen LogP contribution in [0.5, 0.6) is 0 Å². The third kappa shape index (κ3) is 3.93. The van der Waals surface area contributed by atoms with E-state index in [4.69, 9.17) is 0 Å². The van der Waals surface area contributed by atoms with Gasteiger partial charge < -0.3 is 5.32 Å². The molecule has 0 fully saturated rings. The molecule has 1 unspecified atom stereocenters. The summed E-state index contributed by atoms with van der Waals surface area (Å²) in [6.45, 7) is 4.13. The maximum Gasteiger partial charge on any atom is 0.123 e. The number of unbranched alkanes of at least 4 members (excludes halogenated alkanes) is 2. The monoisotopic (exact) mass is 223 g/mol. The first kappa shape index (κ1) is 13.2. The smallest absolute Gasteiger partial charge is 0.123 e. The predicted molar refractivity (Wildman–Crippen MR) is 67.1 cm³/mol. The van der Waals surface area contributed by atoms with Gasteiger partial charge in [0.15, 0.2) is 0 Å². The molecule has 1 N–H and O–H groups in total. The third-order valence-corrected chi connectivity index (χ3v) is 2.91. The third-order valence-electron chi connectivity index (χ3n) is 2.91. The molecule has 0 aliphatic rings. The lowest BCUT2D eigenvalue weighted by molar-refractivity contribution is 0.507. The fourth-order valence-electron chi connectivity index (χ4n) is 2.04.